The molecule has 4 nitrogen and oxygen atoms in total. The zero-order valence-electron chi connectivity index (χ0n) is 15.4. The lowest BCUT2D eigenvalue weighted by atomic mass is 9.92. The molecule has 0 aromatic heterocycles. The van der Waals surface area contributed by atoms with E-state index in [0.29, 0.717) is 25.0 Å². The highest BCUT2D eigenvalue weighted by Gasteiger charge is 2.44. The van der Waals surface area contributed by atoms with Gasteiger partial charge in [0.25, 0.3) is 0 Å². The molecule has 0 bridgehead atoms. The first kappa shape index (κ1) is 16.8. The molecule has 2 aromatic carbocycles. The van der Waals surface area contributed by atoms with Gasteiger partial charge in [-0.15, -0.1) is 0 Å². The number of amides is 1. The number of rotatable bonds is 4. The van der Waals surface area contributed by atoms with Crippen LogP contribution in [0.25, 0.3) is 11.1 Å². The second-order valence-corrected chi connectivity index (χ2v) is 8.15. The van der Waals surface area contributed by atoms with E-state index in [9.17, 15) is 9.90 Å². The molecular formula is C23H25NO3. The van der Waals surface area contributed by atoms with Crippen molar-refractivity contribution in [2.45, 2.75) is 18.8 Å². The Labute approximate surface area is 159 Å². The highest BCUT2D eigenvalue weighted by molar-refractivity contribution is 5.79. The summed E-state index contributed by atoms with van der Waals surface area (Å²) in [6, 6.07) is 16.8. The van der Waals surface area contributed by atoms with Crippen molar-refractivity contribution in [1.29, 1.82) is 0 Å². The van der Waals surface area contributed by atoms with Gasteiger partial charge in [0.05, 0.1) is 0 Å². The van der Waals surface area contributed by atoms with Crippen molar-refractivity contribution in [2.75, 3.05) is 26.3 Å². The first-order valence-corrected chi connectivity index (χ1v) is 9.97. The summed E-state index contributed by atoms with van der Waals surface area (Å²) in [7, 11) is 0. The number of carbonyl (C=O) groups excluding carboxylic acids is 1. The van der Waals surface area contributed by atoms with Gasteiger partial charge in [-0.2, -0.15) is 0 Å². The number of aliphatic hydroxyl groups is 1. The van der Waals surface area contributed by atoms with Crippen LogP contribution in [-0.4, -0.2) is 42.4 Å². The van der Waals surface area contributed by atoms with Gasteiger partial charge in [0.2, 0.25) is 0 Å². The molecule has 27 heavy (non-hydrogen) atoms. The van der Waals surface area contributed by atoms with E-state index < -0.39 is 0 Å². The van der Waals surface area contributed by atoms with Crippen molar-refractivity contribution < 1.29 is 14.6 Å². The van der Waals surface area contributed by atoms with Gasteiger partial charge in [0.15, 0.2) is 0 Å². The number of hydrogen-bond donors (Lipinski definition) is 1. The van der Waals surface area contributed by atoms with Crippen LogP contribution in [0.1, 0.15) is 29.9 Å². The fourth-order valence-electron chi connectivity index (χ4n) is 4.98. The van der Waals surface area contributed by atoms with E-state index in [1.165, 1.54) is 35.1 Å². The third-order valence-electron chi connectivity index (χ3n) is 6.55. The van der Waals surface area contributed by atoms with Gasteiger partial charge in [-0.1, -0.05) is 48.5 Å². The van der Waals surface area contributed by atoms with Crippen molar-refractivity contribution in [3.05, 3.63) is 59.7 Å². The number of ether oxygens (including phenoxy) is 1. The molecule has 2 aromatic rings. The molecule has 2 fully saturated rings. The van der Waals surface area contributed by atoms with E-state index in [2.05, 4.69) is 36.4 Å². The average Bonchev–Trinajstić information content (AvgIpc) is 3.38. The van der Waals surface area contributed by atoms with Gasteiger partial charge in [-0.3, -0.25) is 0 Å². The smallest absolute Gasteiger partial charge is 0.409 e. The number of carbonyl (C=O) groups is 1. The third-order valence-corrected chi connectivity index (χ3v) is 6.55. The highest BCUT2D eigenvalue weighted by atomic mass is 16.6. The third kappa shape index (κ3) is 2.92. The molecule has 0 unspecified atom stereocenters. The van der Waals surface area contributed by atoms with Crippen molar-refractivity contribution in [2.24, 2.45) is 17.8 Å². The van der Waals surface area contributed by atoms with Gasteiger partial charge in [-0.05, 0) is 46.9 Å². The fraction of sp³-hybridized carbons (Fsp3) is 0.435. The van der Waals surface area contributed by atoms with Crippen LogP contribution < -0.4 is 0 Å². The number of fused-ring (bicyclic) bond motifs is 3. The summed E-state index contributed by atoms with van der Waals surface area (Å²) < 4.78 is 5.77. The lowest BCUT2D eigenvalue weighted by molar-refractivity contribution is 0.105. The van der Waals surface area contributed by atoms with Gasteiger partial charge >= 0.3 is 6.09 Å². The SMILES string of the molecule is O=C(OCC1c2ccccc2-c2ccccc21)N1C[C@@H](CO)[C@H](C2CC2)C1. The zero-order chi connectivity index (χ0) is 18.4. The zero-order valence-corrected chi connectivity index (χ0v) is 15.4. The van der Waals surface area contributed by atoms with Crippen LogP contribution in [0.2, 0.25) is 0 Å². The van der Waals surface area contributed by atoms with Crippen LogP contribution in [0, 0.1) is 17.8 Å². The Hall–Kier alpha value is -2.33. The minimum atomic E-state index is -0.238. The molecule has 1 amide bonds. The van der Waals surface area contributed by atoms with E-state index in [-0.39, 0.29) is 24.5 Å². The van der Waals surface area contributed by atoms with Crippen LogP contribution >= 0.6 is 0 Å². The maximum absolute atomic E-state index is 12.7. The van der Waals surface area contributed by atoms with Crippen molar-refractivity contribution in [3.8, 4) is 11.1 Å². The Bertz CT molecular complexity index is 815. The van der Waals surface area contributed by atoms with Crippen molar-refractivity contribution >= 4 is 6.09 Å². The van der Waals surface area contributed by atoms with Crippen LogP contribution in [-0.2, 0) is 4.74 Å². The standard InChI is InChI=1S/C23H25NO3/c25-13-16-11-24(12-21(16)15-9-10-15)23(26)27-14-22-19-7-3-1-5-17(19)18-6-2-4-8-20(18)22/h1-8,15-16,21-22,25H,9-14H2/t16-,21-/m0/s1. The molecule has 5 rings (SSSR count). The monoisotopic (exact) mass is 363 g/mol. The molecule has 3 aliphatic rings. The van der Waals surface area contributed by atoms with Gasteiger partial charge < -0.3 is 14.7 Å². The van der Waals surface area contributed by atoms with Gasteiger partial charge in [0.1, 0.15) is 6.61 Å². The molecule has 4 heteroatoms. The predicted molar refractivity (Wildman–Crippen MR) is 103 cm³/mol. The molecule has 2 aliphatic carbocycles. The molecular weight excluding hydrogens is 338 g/mol. The quantitative estimate of drug-likeness (QED) is 0.897. The Morgan fingerprint density at radius 1 is 1.00 bits per heavy atom. The summed E-state index contributed by atoms with van der Waals surface area (Å²) in [5, 5.41) is 9.65. The summed E-state index contributed by atoms with van der Waals surface area (Å²) in [5.41, 5.74) is 4.95. The number of nitrogens with zero attached hydrogens (tertiary/aromatic N) is 1. The summed E-state index contributed by atoms with van der Waals surface area (Å²) in [6.45, 7) is 1.87. The number of aliphatic hydroxyl groups excluding tert-OH is 1. The molecule has 2 atom stereocenters. The van der Waals surface area contributed by atoms with Crippen LogP contribution in [0.4, 0.5) is 4.79 Å². The van der Waals surface area contributed by atoms with Gasteiger partial charge in [-0.25, -0.2) is 4.79 Å². The molecule has 1 saturated heterocycles. The summed E-state index contributed by atoms with van der Waals surface area (Å²) in [6.07, 6.45) is 2.23. The predicted octanol–water partition coefficient (Wildman–Crippen LogP) is 3.89. The minimum Gasteiger partial charge on any atom is -0.448 e. The topological polar surface area (TPSA) is 49.8 Å². The van der Waals surface area contributed by atoms with E-state index in [0.717, 1.165) is 6.54 Å². The molecule has 1 aliphatic heterocycles. The molecule has 1 heterocycles. The fourth-order valence-corrected chi connectivity index (χ4v) is 4.98. The number of hydrogen-bond acceptors (Lipinski definition) is 3. The first-order chi connectivity index (χ1) is 13.3. The lowest BCUT2D eigenvalue weighted by Crippen LogP contribution is -2.31. The number of likely N-dealkylation sites (tertiary alicyclic amines) is 1. The Kier molecular flexibility index (Phi) is 4.16. The molecule has 0 radical (unpaired) electrons. The largest absolute Gasteiger partial charge is 0.448 e. The first-order valence-electron chi connectivity index (χ1n) is 9.97. The van der Waals surface area contributed by atoms with Crippen LogP contribution in [0.15, 0.2) is 48.5 Å². The average molecular weight is 363 g/mol. The summed E-state index contributed by atoms with van der Waals surface area (Å²) >= 11 is 0. The van der Waals surface area contributed by atoms with E-state index in [1.54, 1.807) is 4.90 Å². The Morgan fingerprint density at radius 3 is 2.22 bits per heavy atom. The van der Waals surface area contributed by atoms with E-state index in [1.807, 2.05) is 12.1 Å². The second-order valence-electron chi connectivity index (χ2n) is 8.15. The maximum atomic E-state index is 12.7. The maximum Gasteiger partial charge on any atom is 0.409 e. The highest BCUT2D eigenvalue weighted by Crippen LogP contribution is 2.45. The van der Waals surface area contributed by atoms with E-state index >= 15 is 0 Å². The molecule has 1 saturated carbocycles. The second kappa shape index (κ2) is 6.68. The van der Waals surface area contributed by atoms with E-state index in [4.69, 9.17) is 4.74 Å². The van der Waals surface area contributed by atoms with Gasteiger partial charge in [0, 0.05) is 31.5 Å². The summed E-state index contributed by atoms with van der Waals surface area (Å²) in [5.74, 6) is 1.43. The van der Waals surface area contributed by atoms with Crippen LogP contribution in [0.3, 0.4) is 0 Å². The minimum absolute atomic E-state index is 0.0943. The Balaban J connectivity index is 1.30. The Morgan fingerprint density at radius 2 is 1.63 bits per heavy atom. The molecule has 140 valence electrons. The molecule has 0 spiro atoms. The normalized spacial score (nSPS) is 24.0. The molecule has 1 N–H and O–H groups in total. The van der Waals surface area contributed by atoms with Crippen molar-refractivity contribution in [1.82, 2.24) is 4.90 Å². The number of benzene rings is 2. The van der Waals surface area contributed by atoms with Crippen LogP contribution in [0.5, 0.6) is 0 Å². The van der Waals surface area contributed by atoms with Crippen molar-refractivity contribution in [3.63, 3.8) is 0 Å². The lowest BCUT2D eigenvalue weighted by Gasteiger charge is -2.19. The summed E-state index contributed by atoms with van der Waals surface area (Å²) in [4.78, 5) is 14.5.